The molecule has 0 unspecified atom stereocenters. The molecule has 6 N–H and O–H groups in total. The second-order valence-electron chi connectivity index (χ2n) is 16.1. The Morgan fingerprint density at radius 3 is 1.36 bits per heavy atom. The van der Waals surface area contributed by atoms with Gasteiger partial charge in [0.2, 0.25) is 0 Å². The first-order valence-electron chi connectivity index (χ1n) is 21.4. The van der Waals surface area contributed by atoms with Crippen LogP contribution in [0.4, 0.5) is 0 Å². The zero-order valence-corrected chi connectivity index (χ0v) is 35.3. The molecule has 16 heteroatoms. The topological polar surface area (TPSA) is 185 Å². The van der Waals surface area contributed by atoms with Crippen molar-refractivity contribution in [2.24, 2.45) is 0 Å². The Kier molecular flexibility index (Phi) is 8.18. The van der Waals surface area contributed by atoms with Crippen LogP contribution < -0.4 is 30.4 Å². The minimum absolute atomic E-state index is 0.0377. The highest BCUT2D eigenvalue weighted by atomic mass is 16.7. The second-order valence-corrected chi connectivity index (χ2v) is 16.1. The summed E-state index contributed by atoms with van der Waals surface area (Å²) in [7, 11) is -0.958. The van der Waals surface area contributed by atoms with Crippen LogP contribution in [0.5, 0.6) is 23.0 Å². The van der Waals surface area contributed by atoms with Gasteiger partial charge in [-0.05, 0) is 86.6 Å². The number of aryl methyl sites for hydroxylation is 2. The van der Waals surface area contributed by atoms with E-state index in [1.807, 2.05) is 140 Å². The smallest absolute Gasteiger partial charge is 0.504 e. The van der Waals surface area contributed by atoms with Gasteiger partial charge in [-0.25, -0.2) is 24.6 Å². The van der Waals surface area contributed by atoms with Crippen LogP contribution in [0.25, 0.3) is 66.1 Å². The first-order valence-corrected chi connectivity index (χ1v) is 21.4. The Bertz CT molecular complexity index is 3730. The third kappa shape index (κ3) is 5.78. The molecular weight excluding hydrogens is 829 g/mol. The SMILES string of the molecule is Cc1c2c(=C(c3nc4ccccc4[nH]3)c3nc4ccccc4[nH]3)n(B3Oc4ccccc4O3)c(C)c2c(=C(c2nc3ccccc3[nH]2)c2nc3ccccc3[nH]2)n1NOc1ccccc1O. The molecule has 6 aromatic carbocycles. The van der Waals surface area contributed by atoms with Gasteiger partial charge in [-0.15, -0.1) is 0 Å². The highest BCUT2D eigenvalue weighted by molar-refractivity contribution is 6.46. The highest BCUT2D eigenvalue weighted by Gasteiger charge is 2.40. The number of aromatic hydroxyl groups is 1. The largest absolute Gasteiger partial charge is 0.743 e. The minimum Gasteiger partial charge on any atom is -0.504 e. The Balaban J connectivity index is 1.24. The van der Waals surface area contributed by atoms with Crippen molar-refractivity contribution in [3.05, 3.63) is 191 Å². The van der Waals surface area contributed by atoms with Gasteiger partial charge in [-0.1, -0.05) is 72.8 Å². The van der Waals surface area contributed by atoms with Gasteiger partial charge in [-0.3, -0.25) is 0 Å². The van der Waals surface area contributed by atoms with Crippen molar-refractivity contribution < 1.29 is 19.3 Å². The molecule has 0 spiro atoms. The summed E-state index contributed by atoms with van der Waals surface area (Å²) in [5.74, 6) is 3.63. The molecule has 0 atom stereocenters. The van der Waals surface area contributed by atoms with E-state index in [1.54, 1.807) is 24.3 Å². The summed E-state index contributed by atoms with van der Waals surface area (Å²) in [6, 6.07) is 46.1. The lowest BCUT2D eigenvalue weighted by atomic mass is 10.1. The van der Waals surface area contributed by atoms with E-state index < -0.39 is 7.25 Å². The number of rotatable bonds is 8. The fourth-order valence-electron chi connectivity index (χ4n) is 9.19. The lowest BCUT2D eigenvalue weighted by Gasteiger charge is -2.16. The molecule has 0 radical (unpaired) electrons. The van der Waals surface area contributed by atoms with E-state index in [0.29, 0.717) is 56.6 Å². The lowest BCUT2D eigenvalue weighted by molar-refractivity contribution is 0.314. The van der Waals surface area contributed by atoms with E-state index in [0.717, 1.165) is 66.3 Å². The summed E-state index contributed by atoms with van der Waals surface area (Å²) in [4.78, 5) is 41.7. The summed E-state index contributed by atoms with van der Waals surface area (Å²) in [5.41, 5.74) is 12.5. The van der Waals surface area contributed by atoms with Gasteiger partial charge in [0.15, 0.2) is 11.5 Å². The molecule has 0 bridgehead atoms. The Morgan fingerprint density at radius 1 is 0.515 bits per heavy atom. The normalized spacial score (nSPS) is 12.4. The summed E-state index contributed by atoms with van der Waals surface area (Å²) >= 11 is 0. The van der Waals surface area contributed by atoms with Crippen LogP contribution in [-0.2, 0) is 0 Å². The van der Waals surface area contributed by atoms with Crippen molar-refractivity contribution >= 4 is 73.3 Å². The molecule has 318 valence electrons. The third-order valence-corrected chi connectivity index (χ3v) is 12.2. The summed E-state index contributed by atoms with van der Waals surface area (Å²) < 4.78 is 17.4. The molecule has 66 heavy (non-hydrogen) atoms. The van der Waals surface area contributed by atoms with E-state index in [4.69, 9.17) is 34.1 Å². The second kappa shape index (κ2) is 14.4. The van der Waals surface area contributed by atoms with Crippen LogP contribution in [0, 0.1) is 13.8 Å². The summed E-state index contributed by atoms with van der Waals surface area (Å²) in [6.07, 6.45) is 0. The molecular formula is C50H36BN11O4. The maximum absolute atomic E-state index is 11.0. The number of phenols is 1. The number of hydrogen-bond acceptors (Lipinski definition) is 9. The Labute approximate surface area is 373 Å². The zero-order valence-electron chi connectivity index (χ0n) is 35.3. The number of imidazole rings is 4. The van der Waals surface area contributed by atoms with E-state index in [1.165, 1.54) is 0 Å². The van der Waals surface area contributed by atoms with E-state index >= 15 is 0 Å². The molecule has 0 amide bonds. The lowest BCUT2D eigenvalue weighted by Crippen LogP contribution is -2.43. The van der Waals surface area contributed by atoms with Crippen LogP contribution in [0.1, 0.15) is 34.7 Å². The monoisotopic (exact) mass is 865 g/mol. The first kappa shape index (κ1) is 37.4. The van der Waals surface area contributed by atoms with Crippen molar-refractivity contribution in [1.82, 2.24) is 49.0 Å². The number of H-pyrrole nitrogens is 4. The van der Waals surface area contributed by atoms with Gasteiger partial charge >= 0.3 is 7.25 Å². The molecule has 0 fully saturated rings. The number of aromatic amines is 4. The molecule has 0 aliphatic carbocycles. The minimum atomic E-state index is -0.958. The summed E-state index contributed by atoms with van der Waals surface area (Å²) in [5, 5.41) is 13.9. The van der Waals surface area contributed by atoms with Crippen molar-refractivity contribution in [1.29, 1.82) is 0 Å². The van der Waals surface area contributed by atoms with Gasteiger partial charge in [0.25, 0.3) is 0 Å². The predicted molar refractivity (Wildman–Crippen MR) is 253 cm³/mol. The number of aromatic nitrogens is 10. The molecule has 15 nitrogen and oxygen atoms in total. The van der Waals surface area contributed by atoms with Crippen molar-refractivity contribution in [2.45, 2.75) is 13.8 Å². The third-order valence-electron chi connectivity index (χ3n) is 12.2. The summed E-state index contributed by atoms with van der Waals surface area (Å²) in [6.45, 7) is 4.05. The van der Waals surface area contributed by atoms with Gasteiger partial charge < -0.3 is 43.7 Å². The van der Waals surface area contributed by atoms with Crippen LogP contribution in [0.2, 0.25) is 0 Å². The van der Waals surface area contributed by atoms with Gasteiger partial charge in [-0.2, -0.15) is 5.59 Å². The Hall–Kier alpha value is -9.18. The first-order chi connectivity index (χ1) is 32.4. The van der Waals surface area contributed by atoms with E-state index in [9.17, 15) is 5.11 Å². The average Bonchev–Trinajstić information content (AvgIpc) is 4.21. The molecule has 12 aromatic rings. The highest BCUT2D eigenvalue weighted by Crippen LogP contribution is 2.35. The number of para-hydroxylation sites is 12. The average molecular weight is 866 g/mol. The van der Waals surface area contributed by atoms with Crippen molar-refractivity contribution in [2.75, 3.05) is 5.59 Å². The van der Waals surface area contributed by atoms with Crippen molar-refractivity contribution in [3.63, 3.8) is 0 Å². The van der Waals surface area contributed by atoms with E-state index in [2.05, 4.69) is 30.0 Å². The van der Waals surface area contributed by atoms with Crippen LogP contribution in [0.3, 0.4) is 0 Å². The predicted octanol–water partition coefficient (Wildman–Crippen LogP) is 7.61. The van der Waals surface area contributed by atoms with Crippen molar-refractivity contribution in [3.8, 4) is 23.0 Å². The molecule has 1 aliphatic rings. The number of hydrogen-bond donors (Lipinski definition) is 6. The Morgan fingerprint density at radius 2 is 0.909 bits per heavy atom. The molecule has 13 rings (SSSR count). The maximum atomic E-state index is 11.0. The molecule has 0 saturated carbocycles. The van der Waals surface area contributed by atoms with E-state index in [-0.39, 0.29) is 11.5 Å². The number of nitrogens with one attached hydrogen (secondary N) is 5. The molecule has 6 aromatic heterocycles. The van der Waals surface area contributed by atoms with Crippen LogP contribution in [0.15, 0.2) is 146 Å². The molecule has 7 heterocycles. The van der Waals surface area contributed by atoms with Gasteiger partial charge in [0.1, 0.15) is 34.8 Å². The fraction of sp³-hybridized carbons (Fsp3) is 0.0400. The van der Waals surface area contributed by atoms with Crippen LogP contribution in [-0.4, -0.2) is 61.4 Å². The number of nitrogens with zero attached hydrogens (tertiary/aromatic N) is 6. The molecule has 0 saturated heterocycles. The maximum Gasteiger partial charge on any atom is 0.743 e. The van der Waals surface area contributed by atoms with Crippen LogP contribution >= 0.6 is 0 Å². The fourth-order valence-corrected chi connectivity index (χ4v) is 9.19. The standard InChI is InChI=1S/C50H36BN11O4/c1-27-41-42(45(61(27)51-64-39-25-13-14-26-40(39)65-51)43(47-52-29-15-3-4-16-30(29)53-47)48-54-31-17-5-6-18-32(31)55-48)28(2)62(60-66-38-24-12-11-23-37(38)63)46(41)44(49-56-33-19-7-8-20-34(33)57-49)50-58-35-21-9-10-22-36(35)59-50/h3-26,60,63H,1-2H3,(H,52,53)(H,54,55)(H,56,57)(H,58,59). The number of fused-ring (bicyclic) bond motifs is 6. The number of phenolic OH excluding ortho intramolecular Hbond substituents is 1. The molecule has 1 aliphatic heterocycles. The van der Waals surface area contributed by atoms with Gasteiger partial charge in [0.05, 0.1) is 71.7 Å². The quantitative estimate of drug-likeness (QED) is 0.0661. The van der Waals surface area contributed by atoms with Gasteiger partial charge in [0, 0.05) is 16.5 Å². The number of benzene rings is 6. The zero-order chi connectivity index (χ0) is 44.0.